The Bertz CT molecular complexity index is 237. The molecule has 0 N–H and O–H groups in total. The van der Waals surface area contributed by atoms with Gasteiger partial charge in [-0.25, -0.2) is 0 Å². The Morgan fingerprint density at radius 2 is 1.35 bits per heavy atom. The lowest BCUT2D eigenvalue weighted by molar-refractivity contribution is -0.185. The van der Waals surface area contributed by atoms with Crippen molar-refractivity contribution in [2.45, 2.75) is 90.4 Å². The topological polar surface area (TPSA) is 29.5 Å². The summed E-state index contributed by atoms with van der Waals surface area (Å²) in [5.74, 6) is -0.0357. The van der Waals surface area contributed by atoms with Crippen LogP contribution in [0.3, 0.4) is 0 Å². The predicted octanol–water partition coefficient (Wildman–Crippen LogP) is 4.85. The van der Waals surface area contributed by atoms with Gasteiger partial charge < -0.3 is 4.84 Å². The molecule has 1 saturated heterocycles. The van der Waals surface area contributed by atoms with Crippen LogP contribution in [0.25, 0.3) is 0 Å². The highest BCUT2D eigenvalue weighted by molar-refractivity contribution is 5.68. The van der Waals surface area contributed by atoms with Gasteiger partial charge in [-0.2, -0.15) is 0 Å². The summed E-state index contributed by atoms with van der Waals surface area (Å²) in [6.07, 6.45) is 15.9. The molecule has 1 fully saturated rings. The first-order chi connectivity index (χ1) is 9.83. The summed E-state index contributed by atoms with van der Waals surface area (Å²) in [7, 11) is 0. The van der Waals surface area contributed by atoms with Crippen molar-refractivity contribution >= 4 is 5.97 Å². The second-order valence-corrected chi connectivity index (χ2v) is 6.03. The number of hydrogen-bond donors (Lipinski definition) is 0. The molecule has 1 rings (SSSR count). The van der Waals surface area contributed by atoms with Gasteiger partial charge in [-0.15, -0.1) is 5.06 Å². The second kappa shape index (κ2) is 12.2. The molecule has 1 aliphatic rings. The lowest BCUT2D eigenvalue weighted by atomic mass is 10.1. The summed E-state index contributed by atoms with van der Waals surface area (Å²) in [5, 5.41) is 1.82. The van der Waals surface area contributed by atoms with Crippen LogP contribution in [0.4, 0.5) is 0 Å². The molecule has 0 amide bonds. The molecule has 0 bridgehead atoms. The standard InChI is InChI=1S/C17H33NO2/c1-2-3-4-5-6-7-8-9-10-11-14-17(19)20-18-15-12-13-16-18/h2-16H2,1H3. The Hall–Kier alpha value is -0.570. The van der Waals surface area contributed by atoms with Crippen molar-refractivity contribution in [3.8, 4) is 0 Å². The molecule has 0 unspecified atom stereocenters. The fourth-order valence-electron chi connectivity index (χ4n) is 2.73. The highest BCUT2D eigenvalue weighted by atomic mass is 16.7. The van der Waals surface area contributed by atoms with Crippen LogP contribution in [-0.4, -0.2) is 24.1 Å². The Balaban J connectivity index is 1.78. The van der Waals surface area contributed by atoms with E-state index in [0.29, 0.717) is 6.42 Å². The zero-order valence-corrected chi connectivity index (χ0v) is 13.4. The van der Waals surface area contributed by atoms with Gasteiger partial charge in [0.15, 0.2) is 0 Å². The van der Waals surface area contributed by atoms with E-state index >= 15 is 0 Å². The Kier molecular flexibility index (Phi) is 10.7. The van der Waals surface area contributed by atoms with Crippen LogP contribution in [0.15, 0.2) is 0 Å². The van der Waals surface area contributed by atoms with Gasteiger partial charge in [0, 0.05) is 19.5 Å². The lowest BCUT2D eigenvalue weighted by Crippen LogP contribution is -2.23. The number of hydroxylamine groups is 2. The normalized spacial score (nSPS) is 15.7. The molecule has 0 spiro atoms. The summed E-state index contributed by atoms with van der Waals surface area (Å²) in [5.41, 5.74) is 0. The minimum Gasteiger partial charge on any atom is -0.368 e. The summed E-state index contributed by atoms with van der Waals surface area (Å²) in [6.45, 7) is 4.10. The Morgan fingerprint density at radius 3 is 1.90 bits per heavy atom. The number of nitrogens with zero attached hydrogens (tertiary/aromatic N) is 1. The highest BCUT2D eigenvalue weighted by Crippen LogP contribution is 2.12. The van der Waals surface area contributed by atoms with E-state index < -0.39 is 0 Å². The van der Waals surface area contributed by atoms with Gasteiger partial charge in [0.2, 0.25) is 0 Å². The molecule has 0 radical (unpaired) electrons. The van der Waals surface area contributed by atoms with E-state index in [1.807, 2.05) is 5.06 Å². The third kappa shape index (κ3) is 9.35. The highest BCUT2D eigenvalue weighted by Gasteiger charge is 2.15. The van der Waals surface area contributed by atoms with Crippen LogP contribution in [0.1, 0.15) is 90.4 Å². The molecule has 0 aromatic rings. The van der Waals surface area contributed by atoms with E-state index in [2.05, 4.69) is 6.92 Å². The van der Waals surface area contributed by atoms with Crippen molar-refractivity contribution in [2.75, 3.05) is 13.1 Å². The first-order valence-corrected chi connectivity index (χ1v) is 8.78. The second-order valence-electron chi connectivity index (χ2n) is 6.03. The van der Waals surface area contributed by atoms with E-state index in [1.54, 1.807) is 0 Å². The molecule has 3 heteroatoms. The SMILES string of the molecule is CCCCCCCCCCCCC(=O)ON1CCCC1. The minimum atomic E-state index is -0.0357. The van der Waals surface area contributed by atoms with Crippen LogP contribution < -0.4 is 0 Å². The third-order valence-corrected chi connectivity index (χ3v) is 4.03. The van der Waals surface area contributed by atoms with Gasteiger partial charge in [-0.1, -0.05) is 64.7 Å². The number of hydrogen-bond acceptors (Lipinski definition) is 3. The van der Waals surface area contributed by atoms with E-state index in [-0.39, 0.29) is 5.97 Å². The van der Waals surface area contributed by atoms with Crippen molar-refractivity contribution < 1.29 is 9.63 Å². The van der Waals surface area contributed by atoms with E-state index in [0.717, 1.165) is 32.4 Å². The largest absolute Gasteiger partial charge is 0.368 e. The quantitative estimate of drug-likeness (QED) is 0.479. The fourth-order valence-corrected chi connectivity index (χ4v) is 2.73. The summed E-state index contributed by atoms with van der Waals surface area (Å²) in [6, 6.07) is 0. The Labute approximate surface area is 125 Å². The number of rotatable bonds is 12. The van der Waals surface area contributed by atoms with E-state index in [1.165, 1.54) is 57.8 Å². The van der Waals surface area contributed by atoms with Crippen molar-refractivity contribution in [1.82, 2.24) is 5.06 Å². The molecule has 118 valence electrons. The van der Waals surface area contributed by atoms with Crippen LogP contribution >= 0.6 is 0 Å². The average Bonchev–Trinajstić information content (AvgIpc) is 2.93. The monoisotopic (exact) mass is 283 g/mol. The van der Waals surface area contributed by atoms with E-state index in [4.69, 9.17) is 4.84 Å². The van der Waals surface area contributed by atoms with Gasteiger partial charge >= 0.3 is 5.97 Å². The number of carbonyl (C=O) groups excluding carboxylic acids is 1. The fraction of sp³-hybridized carbons (Fsp3) is 0.941. The van der Waals surface area contributed by atoms with E-state index in [9.17, 15) is 4.79 Å². The van der Waals surface area contributed by atoms with Gasteiger partial charge in [-0.05, 0) is 19.3 Å². The van der Waals surface area contributed by atoms with Crippen LogP contribution in [0, 0.1) is 0 Å². The number of unbranched alkanes of at least 4 members (excludes halogenated alkanes) is 9. The molecule has 3 nitrogen and oxygen atoms in total. The first-order valence-electron chi connectivity index (χ1n) is 8.78. The lowest BCUT2D eigenvalue weighted by Gasteiger charge is -2.13. The number of carbonyl (C=O) groups is 1. The summed E-state index contributed by atoms with van der Waals surface area (Å²) in [4.78, 5) is 16.9. The molecule has 1 aliphatic heterocycles. The van der Waals surface area contributed by atoms with Crippen molar-refractivity contribution in [3.05, 3.63) is 0 Å². The molecule has 1 heterocycles. The van der Waals surface area contributed by atoms with Gasteiger partial charge in [-0.3, -0.25) is 4.79 Å². The smallest absolute Gasteiger partial charge is 0.325 e. The molecule has 20 heavy (non-hydrogen) atoms. The zero-order chi connectivity index (χ0) is 14.5. The van der Waals surface area contributed by atoms with Crippen LogP contribution in [0.5, 0.6) is 0 Å². The maximum Gasteiger partial charge on any atom is 0.325 e. The van der Waals surface area contributed by atoms with Crippen molar-refractivity contribution in [2.24, 2.45) is 0 Å². The van der Waals surface area contributed by atoms with Gasteiger partial charge in [0.1, 0.15) is 0 Å². The van der Waals surface area contributed by atoms with Crippen LogP contribution in [-0.2, 0) is 9.63 Å². The molecule has 0 atom stereocenters. The molecule has 0 aromatic heterocycles. The molecular weight excluding hydrogens is 250 g/mol. The maximum absolute atomic E-state index is 11.6. The van der Waals surface area contributed by atoms with Gasteiger partial charge in [0.05, 0.1) is 0 Å². The summed E-state index contributed by atoms with van der Waals surface area (Å²) < 4.78 is 0. The average molecular weight is 283 g/mol. The van der Waals surface area contributed by atoms with Crippen molar-refractivity contribution in [1.29, 1.82) is 0 Å². The van der Waals surface area contributed by atoms with Gasteiger partial charge in [0.25, 0.3) is 0 Å². The predicted molar refractivity (Wildman–Crippen MR) is 83.4 cm³/mol. The maximum atomic E-state index is 11.6. The zero-order valence-electron chi connectivity index (χ0n) is 13.4. The first kappa shape index (κ1) is 17.5. The van der Waals surface area contributed by atoms with Crippen molar-refractivity contribution in [3.63, 3.8) is 0 Å². The molecule has 0 aromatic carbocycles. The van der Waals surface area contributed by atoms with Crippen LogP contribution in [0.2, 0.25) is 0 Å². The minimum absolute atomic E-state index is 0.0357. The molecule has 0 saturated carbocycles. The molecule has 0 aliphatic carbocycles. The third-order valence-electron chi connectivity index (χ3n) is 4.03. The molecular formula is C17H33NO2. The summed E-state index contributed by atoms with van der Waals surface area (Å²) >= 11 is 0. The Morgan fingerprint density at radius 1 is 0.850 bits per heavy atom.